The second-order valence-corrected chi connectivity index (χ2v) is 3.92. The Kier molecular flexibility index (Phi) is 7.60. The summed E-state index contributed by atoms with van der Waals surface area (Å²) >= 11 is 0. The molecule has 0 aromatic rings. The number of esters is 1. The van der Waals surface area contributed by atoms with Crippen LogP contribution in [0.15, 0.2) is 5.16 Å². The van der Waals surface area contributed by atoms with Crippen molar-refractivity contribution in [2.45, 2.75) is 40.5 Å². The fourth-order valence-electron chi connectivity index (χ4n) is 1.44. The molecule has 4 heteroatoms. The van der Waals surface area contributed by atoms with Gasteiger partial charge in [0.05, 0.1) is 18.7 Å². The summed E-state index contributed by atoms with van der Waals surface area (Å²) in [4.78, 5) is 16.2. The first-order chi connectivity index (χ1) is 7.56. The highest BCUT2D eigenvalue weighted by atomic mass is 16.6. The van der Waals surface area contributed by atoms with Crippen molar-refractivity contribution >= 4 is 11.7 Å². The molecule has 16 heavy (non-hydrogen) atoms. The van der Waals surface area contributed by atoms with Crippen molar-refractivity contribution in [1.82, 2.24) is 0 Å². The van der Waals surface area contributed by atoms with E-state index < -0.39 is 0 Å². The largest absolute Gasteiger partial charge is 0.466 e. The third-order valence-electron chi connectivity index (χ3n) is 2.86. The zero-order valence-electron chi connectivity index (χ0n) is 10.9. The first-order valence-corrected chi connectivity index (χ1v) is 5.82. The summed E-state index contributed by atoms with van der Waals surface area (Å²) in [5, 5.41) is 3.93. The van der Waals surface area contributed by atoms with Crippen LogP contribution in [0.4, 0.5) is 0 Å². The molecule has 0 aromatic carbocycles. The first kappa shape index (κ1) is 14.9. The van der Waals surface area contributed by atoms with Crippen LogP contribution in [-0.4, -0.2) is 25.4 Å². The fraction of sp³-hybridized carbons (Fsp3) is 0.833. The fourth-order valence-corrected chi connectivity index (χ4v) is 1.44. The summed E-state index contributed by atoms with van der Waals surface area (Å²) in [5.74, 6) is 0.464. The molecule has 0 amide bonds. The smallest absolute Gasteiger partial charge is 0.311 e. The summed E-state index contributed by atoms with van der Waals surface area (Å²) in [6.45, 7) is 8.52. The normalized spacial score (nSPS) is 15.4. The highest BCUT2D eigenvalue weighted by Crippen LogP contribution is 2.18. The van der Waals surface area contributed by atoms with E-state index in [9.17, 15) is 4.79 Å². The van der Waals surface area contributed by atoms with E-state index in [0.717, 1.165) is 12.1 Å². The van der Waals surface area contributed by atoms with Gasteiger partial charge < -0.3 is 9.57 Å². The van der Waals surface area contributed by atoms with Crippen LogP contribution >= 0.6 is 0 Å². The quantitative estimate of drug-likeness (QED) is 0.383. The van der Waals surface area contributed by atoms with Crippen LogP contribution in [0.5, 0.6) is 0 Å². The summed E-state index contributed by atoms with van der Waals surface area (Å²) < 4.78 is 4.91. The predicted octanol–water partition coefficient (Wildman–Crippen LogP) is 2.62. The van der Waals surface area contributed by atoms with Gasteiger partial charge in [0.25, 0.3) is 0 Å². The van der Waals surface area contributed by atoms with Crippen molar-refractivity contribution in [3.05, 3.63) is 0 Å². The zero-order chi connectivity index (χ0) is 12.6. The average molecular weight is 229 g/mol. The molecule has 4 nitrogen and oxygen atoms in total. The number of ether oxygens (including phenoxy) is 1. The topological polar surface area (TPSA) is 47.9 Å². The van der Waals surface area contributed by atoms with Gasteiger partial charge in [-0.15, -0.1) is 0 Å². The summed E-state index contributed by atoms with van der Waals surface area (Å²) in [5.41, 5.74) is 0.760. The Hall–Kier alpha value is -1.06. The van der Waals surface area contributed by atoms with E-state index in [0.29, 0.717) is 12.5 Å². The minimum Gasteiger partial charge on any atom is -0.466 e. The van der Waals surface area contributed by atoms with E-state index in [4.69, 9.17) is 9.57 Å². The van der Waals surface area contributed by atoms with E-state index in [1.807, 2.05) is 0 Å². The Morgan fingerprint density at radius 3 is 2.38 bits per heavy atom. The number of nitrogens with zero attached hydrogens (tertiary/aromatic N) is 1. The van der Waals surface area contributed by atoms with Gasteiger partial charge in [-0.25, -0.2) is 0 Å². The van der Waals surface area contributed by atoms with Crippen molar-refractivity contribution in [3.8, 4) is 0 Å². The molecule has 0 radical (unpaired) electrons. The molecular weight excluding hydrogens is 206 g/mol. The second-order valence-electron chi connectivity index (χ2n) is 3.92. The molecule has 0 bridgehead atoms. The lowest BCUT2D eigenvalue weighted by Gasteiger charge is -2.19. The second kappa shape index (κ2) is 8.13. The van der Waals surface area contributed by atoms with Crippen molar-refractivity contribution in [2.75, 3.05) is 13.7 Å². The van der Waals surface area contributed by atoms with Crippen molar-refractivity contribution in [3.63, 3.8) is 0 Å². The molecule has 94 valence electrons. The Morgan fingerprint density at radius 1 is 1.31 bits per heavy atom. The number of carbonyl (C=O) groups is 1. The lowest BCUT2D eigenvalue weighted by molar-refractivity contribution is -0.141. The molecule has 0 unspecified atom stereocenters. The van der Waals surface area contributed by atoms with Crippen LogP contribution in [0.1, 0.15) is 40.5 Å². The molecule has 0 aliphatic heterocycles. The van der Waals surface area contributed by atoms with Crippen LogP contribution < -0.4 is 0 Å². The minimum absolute atomic E-state index is 0.215. The third-order valence-corrected chi connectivity index (χ3v) is 2.86. The van der Waals surface area contributed by atoms with Gasteiger partial charge in [-0.05, 0) is 12.8 Å². The van der Waals surface area contributed by atoms with Crippen molar-refractivity contribution in [1.29, 1.82) is 0 Å². The molecule has 2 atom stereocenters. The Labute approximate surface area is 98.0 Å². The van der Waals surface area contributed by atoms with Crippen LogP contribution in [0.25, 0.3) is 0 Å². The number of hydrogen-bond donors (Lipinski definition) is 0. The molecule has 0 fully saturated rings. The molecule has 0 saturated heterocycles. The predicted molar refractivity (Wildman–Crippen MR) is 64.3 cm³/mol. The minimum atomic E-state index is -0.242. The molecule has 0 aliphatic carbocycles. The van der Waals surface area contributed by atoms with Gasteiger partial charge in [0, 0.05) is 5.92 Å². The number of rotatable bonds is 7. The SMILES string of the molecule is CCOC(=O)CC(=NOC)[C@H](C)[C@H](C)CC. The van der Waals surface area contributed by atoms with Gasteiger partial charge >= 0.3 is 5.97 Å². The van der Waals surface area contributed by atoms with E-state index in [1.54, 1.807) is 6.92 Å². The highest BCUT2D eigenvalue weighted by molar-refractivity contribution is 5.99. The van der Waals surface area contributed by atoms with Crippen LogP contribution in [0.2, 0.25) is 0 Å². The van der Waals surface area contributed by atoms with Crippen molar-refractivity contribution < 1.29 is 14.4 Å². The average Bonchev–Trinajstić information content (AvgIpc) is 2.26. The standard InChI is InChI=1S/C12H23NO3/c1-6-9(3)10(4)11(13-15-5)8-12(14)16-7-2/h9-10H,6-8H2,1-5H3/t9-,10-/m1/s1. The Morgan fingerprint density at radius 2 is 1.94 bits per heavy atom. The summed E-state index contributed by atoms with van der Waals surface area (Å²) in [6, 6.07) is 0. The molecule has 0 rings (SSSR count). The maximum atomic E-state index is 11.4. The van der Waals surface area contributed by atoms with E-state index in [2.05, 4.69) is 25.9 Å². The number of oxime groups is 1. The van der Waals surface area contributed by atoms with Crippen molar-refractivity contribution in [2.24, 2.45) is 17.0 Å². The van der Waals surface area contributed by atoms with E-state index in [-0.39, 0.29) is 18.3 Å². The maximum Gasteiger partial charge on any atom is 0.311 e. The van der Waals surface area contributed by atoms with Crippen LogP contribution in [-0.2, 0) is 14.4 Å². The van der Waals surface area contributed by atoms with Crippen LogP contribution in [0, 0.1) is 11.8 Å². The lowest BCUT2D eigenvalue weighted by atomic mass is 9.88. The van der Waals surface area contributed by atoms with E-state index in [1.165, 1.54) is 7.11 Å². The summed E-state index contributed by atoms with van der Waals surface area (Å²) in [6.07, 6.45) is 1.26. The molecule has 0 saturated carbocycles. The van der Waals surface area contributed by atoms with Gasteiger partial charge in [0.15, 0.2) is 0 Å². The molecule has 0 heterocycles. The van der Waals surface area contributed by atoms with Gasteiger partial charge in [-0.2, -0.15) is 0 Å². The molecule has 0 aliphatic rings. The highest BCUT2D eigenvalue weighted by Gasteiger charge is 2.20. The Bertz CT molecular complexity index is 238. The maximum absolute atomic E-state index is 11.4. The molecule has 0 spiro atoms. The van der Waals surface area contributed by atoms with Gasteiger partial charge in [-0.1, -0.05) is 32.3 Å². The van der Waals surface area contributed by atoms with Crippen LogP contribution in [0.3, 0.4) is 0 Å². The molecular formula is C12H23NO3. The number of carbonyl (C=O) groups excluding carboxylic acids is 1. The monoisotopic (exact) mass is 229 g/mol. The third kappa shape index (κ3) is 5.14. The van der Waals surface area contributed by atoms with Gasteiger partial charge in [0.2, 0.25) is 0 Å². The number of hydrogen-bond acceptors (Lipinski definition) is 4. The van der Waals surface area contributed by atoms with E-state index >= 15 is 0 Å². The lowest BCUT2D eigenvalue weighted by Crippen LogP contribution is -2.23. The molecule has 0 N–H and O–H groups in total. The Balaban J connectivity index is 4.50. The van der Waals surface area contributed by atoms with Gasteiger partial charge in [0.1, 0.15) is 7.11 Å². The zero-order valence-corrected chi connectivity index (χ0v) is 10.9. The first-order valence-electron chi connectivity index (χ1n) is 5.82. The molecule has 0 aromatic heterocycles. The summed E-state index contributed by atoms with van der Waals surface area (Å²) in [7, 11) is 1.49. The van der Waals surface area contributed by atoms with Gasteiger partial charge in [-0.3, -0.25) is 4.79 Å².